The second-order valence-corrected chi connectivity index (χ2v) is 12.1. The molecule has 1 saturated heterocycles. The summed E-state index contributed by atoms with van der Waals surface area (Å²) in [6, 6.07) is 13.2. The molecule has 1 heterocycles. The molecular formula is C28H37N3O3S. The lowest BCUT2D eigenvalue weighted by atomic mass is 9.88. The van der Waals surface area contributed by atoms with E-state index >= 15 is 0 Å². The van der Waals surface area contributed by atoms with Crippen molar-refractivity contribution in [1.29, 1.82) is 0 Å². The fourth-order valence-electron chi connectivity index (χ4n) is 6.01. The third-order valence-corrected chi connectivity index (χ3v) is 9.40. The molecule has 0 bridgehead atoms. The summed E-state index contributed by atoms with van der Waals surface area (Å²) in [4.78, 5) is 15.0. The molecule has 3 aliphatic rings. The van der Waals surface area contributed by atoms with E-state index in [9.17, 15) is 13.2 Å². The van der Waals surface area contributed by atoms with E-state index in [1.54, 1.807) is 6.07 Å². The molecule has 0 spiro atoms. The Kier molecular flexibility index (Phi) is 7.44. The van der Waals surface area contributed by atoms with Crippen LogP contribution < -0.4 is 14.9 Å². The Morgan fingerprint density at radius 2 is 1.71 bits per heavy atom. The fraction of sp³-hybridized carbons (Fsp3) is 0.536. The number of sulfonamides is 1. The molecule has 35 heavy (non-hydrogen) atoms. The van der Waals surface area contributed by atoms with E-state index in [1.807, 2.05) is 30.3 Å². The van der Waals surface area contributed by atoms with Gasteiger partial charge in [0.05, 0.1) is 5.69 Å². The lowest BCUT2D eigenvalue weighted by Crippen LogP contribution is -2.32. The molecule has 7 heteroatoms. The van der Waals surface area contributed by atoms with Crippen LogP contribution in [0.3, 0.4) is 0 Å². The molecule has 2 aromatic carbocycles. The van der Waals surface area contributed by atoms with E-state index in [0.29, 0.717) is 18.0 Å². The summed E-state index contributed by atoms with van der Waals surface area (Å²) >= 11 is 0. The predicted octanol–water partition coefficient (Wildman–Crippen LogP) is 5.55. The van der Waals surface area contributed by atoms with Gasteiger partial charge in [0.2, 0.25) is 15.9 Å². The average molecular weight is 496 g/mol. The van der Waals surface area contributed by atoms with Crippen molar-refractivity contribution in [1.82, 2.24) is 4.72 Å². The largest absolute Gasteiger partial charge is 0.370 e. The number of nitrogens with zero attached hydrogens (tertiary/aromatic N) is 1. The van der Waals surface area contributed by atoms with Crippen LogP contribution in [0.1, 0.15) is 81.4 Å². The van der Waals surface area contributed by atoms with Gasteiger partial charge in [0.25, 0.3) is 0 Å². The number of benzene rings is 2. The number of carbonyl (C=O) groups excluding carboxylic acids is 1. The highest BCUT2D eigenvalue weighted by Crippen LogP contribution is 2.35. The van der Waals surface area contributed by atoms with Crippen LogP contribution in [0.25, 0.3) is 0 Å². The predicted molar refractivity (Wildman–Crippen MR) is 140 cm³/mol. The molecule has 1 amide bonds. The molecule has 1 saturated carbocycles. The summed E-state index contributed by atoms with van der Waals surface area (Å²) in [5.41, 5.74) is 3.56. The fourth-order valence-corrected chi connectivity index (χ4v) is 7.51. The standard InChI is InChI=1S/C28H37N3O3S/c32-28(17-14-21-8-1-2-9-21)29-23-15-16-26(31-18-5-6-19-31)27(20-23)35(33,34)30-25-13-7-11-22-10-3-4-12-24(22)25/h3-4,10,12,15-16,20-21,25,30H,1-2,5-9,11,13-14,17-19H2,(H,29,32). The normalized spacial score (nSPS) is 20.7. The Hall–Kier alpha value is -2.38. The van der Waals surface area contributed by atoms with Gasteiger partial charge in [-0.05, 0) is 73.8 Å². The summed E-state index contributed by atoms with van der Waals surface area (Å²) < 4.78 is 30.6. The summed E-state index contributed by atoms with van der Waals surface area (Å²) in [5.74, 6) is 0.611. The first-order chi connectivity index (χ1) is 17.0. The third-order valence-electron chi connectivity index (χ3n) is 7.90. The molecule has 2 aromatic rings. The zero-order valence-electron chi connectivity index (χ0n) is 20.5. The van der Waals surface area contributed by atoms with Crippen molar-refractivity contribution in [2.45, 2.75) is 81.6 Å². The van der Waals surface area contributed by atoms with Crippen LogP contribution in [0.15, 0.2) is 47.4 Å². The summed E-state index contributed by atoms with van der Waals surface area (Å²) in [5, 5.41) is 2.97. The highest BCUT2D eigenvalue weighted by atomic mass is 32.2. The summed E-state index contributed by atoms with van der Waals surface area (Å²) in [6.45, 7) is 1.70. The quantitative estimate of drug-likeness (QED) is 0.503. The van der Waals surface area contributed by atoms with E-state index in [-0.39, 0.29) is 16.8 Å². The Bertz CT molecular complexity index is 1150. The number of fused-ring (bicyclic) bond motifs is 1. The first-order valence-corrected chi connectivity index (χ1v) is 14.8. The smallest absolute Gasteiger partial charge is 0.243 e. The van der Waals surface area contributed by atoms with E-state index in [2.05, 4.69) is 21.0 Å². The van der Waals surface area contributed by atoms with Gasteiger partial charge in [-0.25, -0.2) is 13.1 Å². The lowest BCUT2D eigenvalue weighted by molar-refractivity contribution is -0.116. The Balaban J connectivity index is 1.37. The van der Waals surface area contributed by atoms with Crippen LogP contribution >= 0.6 is 0 Å². The number of anilines is 2. The van der Waals surface area contributed by atoms with Gasteiger partial charge in [0, 0.05) is 31.2 Å². The molecule has 0 aromatic heterocycles. The molecule has 2 aliphatic carbocycles. The molecule has 2 N–H and O–H groups in total. The second-order valence-electron chi connectivity index (χ2n) is 10.4. The highest BCUT2D eigenvalue weighted by molar-refractivity contribution is 7.89. The topological polar surface area (TPSA) is 78.5 Å². The van der Waals surface area contributed by atoms with Gasteiger partial charge in [-0.2, -0.15) is 0 Å². The van der Waals surface area contributed by atoms with E-state index in [4.69, 9.17) is 0 Å². The first kappa shape index (κ1) is 24.3. The number of aryl methyl sites for hydroxylation is 1. The van der Waals surface area contributed by atoms with Gasteiger partial charge in [0.1, 0.15) is 4.90 Å². The Morgan fingerprint density at radius 1 is 0.943 bits per heavy atom. The maximum atomic E-state index is 13.8. The Labute approximate surface area is 209 Å². The molecule has 6 nitrogen and oxygen atoms in total. The van der Waals surface area contributed by atoms with E-state index in [0.717, 1.165) is 62.9 Å². The maximum Gasteiger partial charge on any atom is 0.243 e. The minimum Gasteiger partial charge on any atom is -0.370 e. The average Bonchev–Trinajstić information content (AvgIpc) is 3.58. The van der Waals surface area contributed by atoms with Gasteiger partial charge in [-0.3, -0.25) is 4.79 Å². The monoisotopic (exact) mass is 495 g/mol. The van der Waals surface area contributed by atoms with Gasteiger partial charge in [0.15, 0.2) is 0 Å². The minimum atomic E-state index is -3.80. The van der Waals surface area contributed by atoms with Gasteiger partial charge in [-0.15, -0.1) is 0 Å². The number of nitrogens with one attached hydrogen (secondary N) is 2. The van der Waals surface area contributed by atoms with Crippen LogP contribution in [-0.2, 0) is 21.2 Å². The van der Waals surface area contributed by atoms with Crippen molar-refractivity contribution in [2.75, 3.05) is 23.3 Å². The molecule has 1 aliphatic heterocycles. The Morgan fingerprint density at radius 3 is 2.51 bits per heavy atom. The van der Waals surface area contributed by atoms with Crippen LogP contribution in [0.5, 0.6) is 0 Å². The van der Waals surface area contributed by atoms with Crippen molar-refractivity contribution >= 4 is 27.3 Å². The van der Waals surface area contributed by atoms with Gasteiger partial charge < -0.3 is 10.2 Å². The lowest BCUT2D eigenvalue weighted by Gasteiger charge is -2.28. The molecule has 1 unspecified atom stereocenters. The number of carbonyl (C=O) groups is 1. The van der Waals surface area contributed by atoms with E-state index < -0.39 is 10.0 Å². The SMILES string of the molecule is O=C(CCC1CCCC1)Nc1ccc(N2CCCC2)c(S(=O)(=O)NC2CCCc3ccccc32)c1. The highest BCUT2D eigenvalue weighted by Gasteiger charge is 2.29. The summed E-state index contributed by atoms with van der Waals surface area (Å²) in [6.07, 6.45) is 11.2. The van der Waals surface area contributed by atoms with E-state index in [1.165, 1.54) is 31.2 Å². The molecule has 2 fully saturated rings. The van der Waals surface area contributed by atoms with Gasteiger partial charge in [-0.1, -0.05) is 49.9 Å². The summed E-state index contributed by atoms with van der Waals surface area (Å²) in [7, 11) is -3.80. The molecule has 5 rings (SSSR count). The van der Waals surface area contributed by atoms with Gasteiger partial charge >= 0.3 is 0 Å². The maximum absolute atomic E-state index is 13.8. The van der Waals surface area contributed by atoms with Crippen LogP contribution in [0.4, 0.5) is 11.4 Å². The zero-order valence-corrected chi connectivity index (χ0v) is 21.3. The van der Waals surface area contributed by atoms with Crippen molar-refractivity contribution in [3.05, 3.63) is 53.6 Å². The van der Waals surface area contributed by atoms with Crippen LogP contribution in [0, 0.1) is 5.92 Å². The molecular weight excluding hydrogens is 458 g/mol. The third kappa shape index (κ3) is 5.72. The van der Waals surface area contributed by atoms with Crippen molar-refractivity contribution in [3.8, 4) is 0 Å². The van der Waals surface area contributed by atoms with Crippen molar-refractivity contribution < 1.29 is 13.2 Å². The first-order valence-electron chi connectivity index (χ1n) is 13.3. The second kappa shape index (κ2) is 10.7. The molecule has 0 radical (unpaired) electrons. The van der Waals surface area contributed by atoms with Crippen molar-refractivity contribution in [2.24, 2.45) is 5.92 Å². The van der Waals surface area contributed by atoms with Crippen LogP contribution in [-0.4, -0.2) is 27.4 Å². The number of rotatable bonds is 8. The number of hydrogen-bond donors (Lipinski definition) is 2. The van der Waals surface area contributed by atoms with Crippen LogP contribution in [0.2, 0.25) is 0 Å². The number of amides is 1. The minimum absolute atomic E-state index is 0.0386. The van der Waals surface area contributed by atoms with Crippen molar-refractivity contribution in [3.63, 3.8) is 0 Å². The molecule has 188 valence electrons. The number of hydrogen-bond acceptors (Lipinski definition) is 4. The molecule has 1 atom stereocenters. The zero-order chi connectivity index (χ0) is 24.3.